The van der Waals surface area contributed by atoms with Gasteiger partial charge in [-0.1, -0.05) is 60.7 Å². The monoisotopic (exact) mass is 385 g/mol. The van der Waals surface area contributed by atoms with Crippen LogP contribution in [-0.4, -0.2) is 18.6 Å². The zero-order valence-corrected chi connectivity index (χ0v) is 17.3. The number of hydrogen-bond donors (Lipinski definition) is 0. The van der Waals surface area contributed by atoms with Crippen LogP contribution < -0.4 is 4.74 Å². The lowest BCUT2D eigenvalue weighted by atomic mass is 10.0. The van der Waals surface area contributed by atoms with Crippen LogP contribution in [0.5, 0.6) is 5.75 Å². The number of rotatable bonds is 8. The summed E-state index contributed by atoms with van der Waals surface area (Å²) in [6.45, 7) is 4.07. The van der Waals surface area contributed by atoms with E-state index in [9.17, 15) is 4.79 Å². The smallest absolute Gasteiger partial charge is 0.162 e. The summed E-state index contributed by atoms with van der Waals surface area (Å²) in [6, 6.07) is 23.7. The minimum absolute atomic E-state index is 0.175. The molecule has 0 heterocycles. The van der Waals surface area contributed by atoms with E-state index in [1.54, 1.807) is 7.11 Å². The molecule has 3 nitrogen and oxygen atoms in total. The van der Waals surface area contributed by atoms with Crippen molar-refractivity contribution < 1.29 is 9.53 Å². The Labute approximate surface area is 173 Å². The molecule has 0 saturated heterocycles. The number of ether oxygens (including phenoxy) is 1. The van der Waals surface area contributed by atoms with E-state index >= 15 is 0 Å². The number of aliphatic imine (C=N–C) groups is 1. The van der Waals surface area contributed by atoms with E-state index in [4.69, 9.17) is 9.73 Å². The van der Waals surface area contributed by atoms with E-state index < -0.39 is 0 Å². The van der Waals surface area contributed by atoms with Gasteiger partial charge in [0.1, 0.15) is 5.75 Å². The van der Waals surface area contributed by atoms with Crippen molar-refractivity contribution in [2.45, 2.75) is 33.1 Å². The van der Waals surface area contributed by atoms with Crippen molar-refractivity contribution in [3.05, 3.63) is 95.1 Å². The molecule has 0 atom stereocenters. The average Bonchev–Trinajstić information content (AvgIpc) is 2.74. The molecule has 0 amide bonds. The fourth-order valence-corrected chi connectivity index (χ4v) is 3.55. The number of ketones is 1. The first kappa shape index (κ1) is 20.5. The highest BCUT2D eigenvalue weighted by molar-refractivity contribution is 6.02. The molecule has 0 bridgehead atoms. The summed E-state index contributed by atoms with van der Waals surface area (Å²) in [5, 5.41) is 0. The zero-order chi connectivity index (χ0) is 20.6. The van der Waals surface area contributed by atoms with E-state index in [0.29, 0.717) is 6.42 Å². The highest BCUT2D eigenvalue weighted by Gasteiger charge is 2.10. The lowest BCUT2D eigenvalue weighted by molar-refractivity contribution is 0.0981. The number of Topliss-reactive ketones (excluding diaryl/α,β-unsaturated/α-hetero) is 1. The number of hydrogen-bond acceptors (Lipinski definition) is 3. The largest absolute Gasteiger partial charge is 0.496 e. The molecule has 0 radical (unpaired) electrons. The van der Waals surface area contributed by atoms with E-state index in [2.05, 4.69) is 12.1 Å². The first-order valence-corrected chi connectivity index (χ1v) is 9.95. The summed E-state index contributed by atoms with van der Waals surface area (Å²) in [6.07, 6.45) is 2.01. The van der Waals surface area contributed by atoms with E-state index in [1.807, 2.05) is 74.5 Å². The van der Waals surface area contributed by atoms with Crippen molar-refractivity contribution in [3.8, 4) is 5.75 Å². The maximum Gasteiger partial charge on any atom is 0.162 e. The number of aryl methyl sites for hydroxylation is 2. The number of carbonyl (C=O) groups is 1. The van der Waals surface area contributed by atoms with Gasteiger partial charge in [-0.25, -0.2) is 0 Å². The third-order valence-corrected chi connectivity index (χ3v) is 4.93. The van der Waals surface area contributed by atoms with Crippen LogP contribution in [0.3, 0.4) is 0 Å². The molecule has 148 valence electrons. The van der Waals surface area contributed by atoms with Crippen molar-refractivity contribution in [1.82, 2.24) is 0 Å². The second kappa shape index (κ2) is 9.83. The van der Waals surface area contributed by atoms with Gasteiger partial charge in [-0.05, 0) is 55.5 Å². The first-order valence-electron chi connectivity index (χ1n) is 9.95. The minimum atomic E-state index is 0.175. The number of carbonyl (C=O) groups excluding carboxylic acids is 1. The maximum absolute atomic E-state index is 12.4. The molecule has 0 spiro atoms. The molecule has 0 N–H and O–H groups in total. The van der Waals surface area contributed by atoms with Crippen molar-refractivity contribution in [2.24, 2.45) is 4.99 Å². The van der Waals surface area contributed by atoms with Gasteiger partial charge in [0.25, 0.3) is 0 Å². The Hall–Kier alpha value is -3.20. The second-order valence-corrected chi connectivity index (χ2v) is 7.18. The lowest BCUT2D eigenvalue weighted by Crippen LogP contribution is -2.04. The van der Waals surface area contributed by atoms with Crippen LogP contribution >= 0.6 is 0 Å². The van der Waals surface area contributed by atoms with Crippen LogP contribution in [0.25, 0.3) is 0 Å². The summed E-state index contributed by atoms with van der Waals surface area (Å²) in [7, 11) is 1.69. The summed E-state index contributed by atoms with van der Waals surface area (Å²) >= 11 is 0. The van der Waals surface area contributed by atoms with Crippen molar-refractivity contribution in [2.75, 3.05) is 7.11 Å². The van der Waals surface area contributed by atoms with E-state index in [-0.39, 0.29) is 5.78 Å². The molecule has 0 aliphatic heterocycles. The van der Waals surface area contributed by atoms with Gasteiger partial charge in [0.2, 0.25) is 0 Å². The fourth-order valence-electron chi connectivity index (χ4n) is 3.55. The van der Waals surface area contributed by atoms with Crippen LogP contribution in [0.4, 0.5) is 5.69 Å². The normalized spacial score (nSPS) is 11.3. The van der Waals surface area contributed by atoms with Gasteiger partial charge >= 0.3 is 0 Å². The van der Waals surface area contributed by atoms with Crippen LogP contribution in [0.1, 0.15) is 46.3 Å². The third kappa shape index (κ3) is 5.41. The SMILES string of the molecule is COc1c(C)cc(N=C(CCCC(=O)c2ccccc2)c2ccccc2)cc1C. The van der Waals surface area contributed by atoms with Crippen LogP contribution in [-0.2, 0) is 0 Å². The van der Waals surface area contributed by atoms with Crippen molar-refractivity contribution in [1.29, 1.82) is 0 Å². The van der Waals surface area contributed by atoms with E-state index in [0.717, 1.165) is 52.2 Å². The molecule has 0 aliphatic carbocycles. The topological polar surface area (TPSA) is 38.7 Å². The fraction of sp³-hybridized carbons (Fsp3) is 0.231. The summed E-state index contributed by atoms with van der Waals surface area (Å²) < 4.78 is 5.47. The molecule has 0 fully saturated rings. The molecule has 0 aliphatic rings. The molecular weight excluding hydrogens is 358 g/mol. The number of nitrogens with zero attached hydrogens (tertiary/aromatic N) is 1. The van der Waals surface area contributed by atoms with Crippen LogP contribution in [0.2, 0.25) is 0 Å². The summed E-state index contributed by atoms with van der Waals surface area (Å²) in [4.78, 5) is 17.4. The lowest BCUT2D eigenvalue weighted by Gasteiger charge is -2.11. The standard InChI is InChI=1S/C26H27NO2/c1-19-17-23(18-20(2)26(19)29-3)27-24(21-11-6-4-7-12-21)15-10-16-25(28)22-13-8-5-9-14-22/h4-9,11-14,17-18H,10,15-16H2,1-3H3. The maximum atomic E-state index is 12.4. The third-order valence-electron chi connectivity index (χ3n) is 4.93. The Morgan fingerprint density at radius 2 is 1.38 bits per heavy atom. The van der Waals surface area contributed by atoms with Crippen LogP contribution in [0.15, 0.2) is 77.8 Å². The molecule has 3 heteroatoms. The molecular formula is C26H27NO2. The van der Waals surface area contributed by atoms with Gasteiger partial charge < -0.3 is 4.74 Å². The molecule has 0 aromatic heterocycles. The average molecular weight is 386 g/mol. The Kier molecular flexibility index (Phi) is 6.96. The summed E-state index contributed by atoms with van der Waals surface area (Å²) in [5.74, 6) is 1.08. The predicted octanol–water partition coefficient (Wildman–Crippen LogP) is 6.49. The Morgan fingerprint density at radius 1 is 0.828 bits per heavy atom. The van der Waals surface area contributed by atoms with Gasteiger partial charge in [0, 0.05) is 17.7 Å². The number of benzene rings is 3. The van der Waals surface area contributed by atoms with E-state index in [1.165, 1.54) is 0 Å². The summed E-state index contributed by atoms with van der Waals surface area (Å²) in [5.41, 5.74) is 5.90. The van der Waals surface area contributed by atoms with Crippen LogP contribution in [0, 0.1) is 13.8 Å². The Balaban J connectivity index is 1.81. The zero-order valence-electron chi connectivity index (χ0n) is 17.3. The van der Waals surface area contributed by atoms with Crippen molar-refractivity contribution in [3.63, 3.8) is 0 Å². The quantitative estimate of drug-likeness (QED) is 0.328. The first-order chi connectivity index (χ1) is 14.1. The molecule has 29 heavy (non-hydrogen) atoms. The van der Waals surface area contributed by atoms with Gasteiger partial charge in [0.15, 0.2) is 5.78 Å². The second-order valence-electron chi connectivity index (χ2n) is 7.18. The van der Waals surface area contributed by atoms with Gasteiger partial charge in [-0.2, -0.15) is 0 Å². The number of methoxy groups -OCH3 is 1. The molecule has 0 saturated carbocycles. The molecule has 3 rings (SSSR count). The van der Waals surface area contributed by atoms with Gasteiger partial charge in [-0.15, -0.1) is 0 Å². The highest BCUT2D eigenvalue weighted by atomic mass is 16.5. The van der Waals surface area contributed by atoms with Gasteiger partial charge in [-0.3, -0.25) is 9.79 Å². The molecule has 3 aromatic rings. The highest BCUT2D eigenvalue weighted by Crippen LogP contribution is 2.29. The Bertz CT molecular complexity index is 969. The van der Waals surface area contributed by atoms with Gasteiger partial charge in [0.05, 0.1) is 12.8 Å². The minimum Gasteiger partial charge on any atom is -0.496 e. The molecule has 0 unspecified atom stereocenters. The van der Waals surface area contributed by atoms with Crippen molar-refractivity contribution >= 4 is 17.2 Å². The Morgan fingerprint density at radius 3 is 1.93 bits per heavy atom. The molecule has 3 aromatic carbocycles. The predicted molar refractivity (Wildman–Crippen MR) is 120 cm³/mol.